The van der Waals surface area contributed by atoms with Crippen molar-refractivity contribution in [3.05, 3.63) is 35.9 Å². The van der Waals surface area contributed by atoms with E-state index in [0.717, 1.165) is 0 Å². The molecule has 0 saturated carbocycles. The fraction of sp³-hybridized carbons (Fsp3) is 0.429. The topological polar surface area (TPSA) is 237 Å². The van der Waals surface area contributed by atoms with Gasteiger partial charge in [-0.05, 0) is 12.0 Å². The van der Waals surface area contributed by atoms with Crippen LogP contribution in [0.5, 0.6) is 0 Å². The predicted octanol–water partition coefficient (Wildman–Crippen LogP) is -2.83. The van der Waals surface area contributed by atoms with Crippen LogP contribution in [0, 0.1) is 0 Å². The van der Waals surface area contributed by atoms with E-state index in [-0.39, 0.29) is 25.0 Å². The number of benzene rings is 1. The van der Waals surface area contributed by atoms with Crippen molar-refractivity contribution in [1.82, 2.24) is 16.0 Å². The third kappa shape index (κ3) is 10.9. The molecule has 1 aromatic carbocycles. The SMILES string of the molecule is NC(=O)CCC(NC(=O)C(Cc1ccccc1)NC(=O)C(N)CC(N)=O)C(=O)NC(CS)C(=O)O. The van der Waals surface area contributed by atoms with Crippen LogP contribution in [0.1, 0.15) is 24.8 Å². The number of carboxylic acids is 1. The highest BCUT2D eigenvalue weighted by atomic mass is 32.1. The van der Waals surface area contributed by atoms with Crippen molar-refractivity contribution in [3.8, 4) is 0 Å². The largest absolute Gasteiger partial charge is 0.480 e. The third-order valence-electron chi connectivity index (χ3n) is 4.78. The van der Waals surface area contributed by atoms with E-state index in [1.807, 2.05) is 0 Å². The van der Waals surface area contributed by atoms with Crippen LogP contribution in [0.3, 0.4) is 0 Å². The molecule has 0 aliphatic heterocycles. The number of nitrogens with two attached hydrogens (primary N) is 3. The fourth-order valence-corrected chi connectivity index (χ4v) is 3.18. The van der Waals surface area contributed by atoms with Crippen LogP contribution in [-0.2, 0) is 35.2 Å². The van der Waals surface area contributed by atoms with Gasteiger partial charge in [0.15, 0.2) is 0 Å². The van der Waals surface area contributed by atoms with Crippen LogP contribution in [0.2, 0.25) is 0 Å². The number of aliphatic carboxylic acids is 1. The summed E-state index contributed by atoms with van der Waals surface area (Å²) < 4.78 is 0. The smallest absolute Gasteiger partial charge is 0.327 e. The normalized spacial score (nSPS) is 14.0. The van der Waals surface area contributed by atoms with Gasteiger partial charge in [0.1, 0.15) is 18.1 Å². The summed E-state index contributed by atoms with van der Waals surface area (Å²) in [5, 5.41) is 16.2. The molecule has 192 valence electrons. The molecule has 4 unspecified atom stereocenters. The predicted molar refractivity (Wildman–Crippen MR) is 128 cm³/mol. The Kier molecular flexibility index (Phi) is 12.2. The lowest BCUT2D eigenvalue weighted by Crippen LogP contribution is -2.58. The zero-order chi connectivity index (χ0) is 26.5. The Bertz CT molecular complexity index is 930. The fourth-order valence-electron chi connectivity index (χ4n) is 2.93. The molecule has 14 heteroatoms. The average molecular weight is 511 g/mol. The van der Waals surface area contributed by atoms with Crippen molar-refractivity contribution in [1.29, 1.82) is 0 Å². The van der Waals surface area contributed by atoms with Crippen molar-refractivity contribution in [2.45, 2.75) is 49.9 Å². The van der Waals surface area contributed by atoms with Gasteiger partial charge >= 0.3 is 5.97 Å². The van der Waals surface area contributed by atoms with Crippen LogP contribution in [-0.4, -0.2) is 70.5 Å². The Morgan fingerprint density at radius 3 is 1.89 bits per heavy atom. The number of hydrogen-bond donors (Lipinski definition) is 8. The van der Waals surface area contributed by atoms with E-state index in [9.17, 15) is 28.8 Å². The van der Waals surface area contributed by atoms with Gasteiger partial charge in [-0.1, -0.05) is 30.3 Å². The maximum Gasteiger partial charge on any atom is 0.327 e. The van der Waals surface area contributed by atoms with Crippen LogP contribution in [0.4, 0.5) is 0 Å². The number of carbonyl (C=O) groups is 6. The lowest BCUT2D eigenvalue weighted by atomic mass is 10.0. The van der Waals surface area contributed by atoms with Gasteiger partial charge in [0.2, 0.25) is 29.5 Å². The summed E-state index contributed by atoms with van der Waals surface area (Å²) in [6, 6.07) is 3.39. The van der Waals surface area contributed by atoms with Crippen LogP contribution >= 0.6 is 12.6 Å². The number of thiol groups is 1. The summed E-state index contributed by atoms with van der Waals surface area (Å²) in [4.78, 5) is 71.8. The number of hydrogen-bond acceptors (Lipinski definition) is 8. The minimum Gasteiger partial charge on any atom is -0.480 e. The molecule has 0 spiro atoms. The Balaban J connectivity index is 3.10. The molecule has 4 atom stereocenters. The molecule has 0 radical (unpaired) electrons. The van der Waals surface area contributed by atoms with E-state index < -0.39 is 66.1 Å². The maximum absolute atomic E-state index is 13.1. The van der Waals surface area contributed by atoms with Crippen molar-refractivity contribution >= 4 is 48.1 Å². The van der Waals surface area contributed by atoms with Gasteiger partial charge in [-0.2, -0.15) is 12.6 Å². The van der Waals surface area contributed by atoms with E-state index in [1.165, 1.54) is 0 Å². The van der Waals surface area contributed by atoms with Gasteiger partial charge in [0.25, 0.3) is 0 Å². The zero-order valence-corrected chi connectivity index (χ0v) is 19.7. The van der Waals surface area contributed by atoms with Crippen molar-refractivity contribution < 1.29 is 33.9 Å². The molecular formula is C21H30N6O7S. The monoisotopic (exact) mass is 510 g/mol. The van der Waals surface area contributed by atoms with Gasteiger partial charge in [0.05, 0.1) is 12.5 Å². The highest BCUT2D eigenvalue weighted by molar-refractivity contribution is 7.80. The number of carboxylic acid groups (broad SMARTS) is 1. The van der Waals surface area contributed by atoms with Crippen molar-refractivity contribution in [2.24, 2.45) is 17.2 Å². The summed E-state index contributed by atoms with van der Waals surface area (Å²) >= 11 is 3.87. The molecule has 1 aromatic rings. The molecule has 0 heterocycles. The van der Waals surface area contributed by atoms with Crippen molar-refractivity contribution in [3.63, 3.8) is 0 Å². The molecule has 5 amide bonds. The van der Waals surface area contributed by atoms with Gasteiger partial charge in [-0.25, -0.2) is 4.79 Å². The Labute approximate surface area is 206 Å². The van der Waals surface area contributed by atoms with E-state index in [4.69, 9.17) is 22.3 Å². The Morgan fingerprint density at radius 2 is 1.37 bits per heavy atom. The highest BCUT2D eigenvalue weighted by Gasteiger charge is 2.30. The molecule has 0 bridgehead atoms. The molecule has 0 saturated heterocycles. The molecule has 35 heavy (non-hydrogen) atoms. The van der Waals surface area contributed by atoms with E-state index in [0.29, 0.717) is 5.56 Å². The number of carbonyl (C=O) groups excluding carboxylic acids is 5. The highest BCUT2D eigenvalue weighted by Crippen LogP contribution is 2.07. The van der Waals surface area contributed by atoms with Gasteiger partial charge in [-0.15, -0.1) is 0 Å². The molecular weight excluding hydrogens is 480 g/mol. The number of nitrogens with one attached hydrogen (secondary N) is 3. The lowest BCUT2D eigenvalue weighted by molar-refractivity contribution is -0.141. The molecule has 0 aliphatic rings. The second kappa shape index (κ2) is 14.6. The average Bonchev–Trinajstić information content (AvgIpc) is 2.79. The van der Waals surface area contributed by atoms with E-state index >= 15 is 0 Å². The molecule has 0 aliphatic carbocycles. The van der Waals surface area contributed by atoms with Crippen LogP contribution < -0.4 is 33.2 Å². The summed E-state index contributed by atoms with van der Waals surface area (Å²) in [6.07, 6.45) is -0.953. The zero-order valence-electron chi connectivity index (χ0n) is 18.8. The Morgan fingerprint density at radius 1 is 0.829 bits per heavy atom. The lowest BCUT2D eigenvalue weighted by Gasteiger charge is -2.25. The third-order valence-corrected chi connectivity index (χ3v) is 5.15. The van der Waals surface area contributed by atoms with Gasteiger partial charge in [0, 0.05) is 18.6 Å². The maximum atomic E-state index is 13.1. The molecule has 0 fully saturated rings. The summed E-state index contributed by atoms with van der Waals surface area (Å²) in [5.74, 6) is -5.62. The molecule has 10 N–H and O–H groups in total. The van der Waals surface area contributed by atoms with E-state index in [2.05, 4.69) is 28.6 Å². The first kappa shape index (κ1) is 29.4. The number of amides is 5. The molecule has 1 rings (SSSR count). The summed E-state index contributed by atoms with van der Waals surface area (Å²) in [6.45, 7) is 0. The Hall–Kier alpha value is -3.65. The van der Waals surface area contributed by atoms with Crippen LogP contribution in [0.25, 0.3) is 0 Å². The first-order chi connectivity index (χ1) is 16.4. The standard InChI is InChI=1S/C21H30N6O7S/c22-12(9-17(24)29)18(30)26-14(8-11-4-2-1-3-5-11)20(32)25-13(6-7-16(23)28)19(31)27-15(10-35)21(33)34/h1-5,12-15,35H,6-10,22H2,(H2,23,28)(H2,24,29)(H,25,32)(H,26,30)(H,27,31)(H,33,34). The number of primary amides is 2. The van der Waals surface area contributed by atoms with Gasteiger partial charge in [-0.3, -0.25) is 24.0 Å². The van der Waals surface area contributed by atoms with E-state index in [1.54, 1.807) is 30.3 Å². The molecule has 0 aromatic heterocycles. The summed E-state index contributed by atoms with van der Waals surface area (Å²) in [7, 11) is 0. The van der Waals surface area contributed by atoms with Crippen LogP contribution in [0.15, 0.2) is 30.3 Å². The van der Waals surface area contributed by atoms with Crippen molar-refractivity contribution in [2.75, 3.05) is 5.75 Å². The minimum atomic E-state index is -1.34. The summed E-state index contributed by atoms with van der Waals surface area (Å²) in [5.41, 5.74) is 16.5. The number of rotatable bonds is 15. The molecule has 13 nitrogen and oxygen atoms in total. The quantitative estimate of drug-likeness (QED) is 0.114. The second-order valence-electron chi connectivity index (χ2n) is 7.68. The second-order valence-corrected chi connectivity index (χ2v) is 8.04. The first-order valence-corrected chi connectivity index (χ1v) is 11.2. The van der Waals surface area contributed by atoms with Gasteiger partial charge < -0.3 is 38.3 Å². The first-order valence-electron chi connectivity index (χ1n) is 10.6. The minimum absolute atomic E-state index is 0.000252.